The predicted octanol–water partition coefficient (Wildman–Crippen LogP) is 5.33. The Labute approximate surface area is 143 Å². The van der Waals surface area contributed by atoms with E-state index in [9.17, 15) is 26.3 Å². The maximum Gasteiger partial charge on any atom is 0.417 e. The van der Waals surface area contributed by atoms with Crippen LogP contribution in [0.2, 0.25) is 5.15 Å². The molecule has 1 unspecified atom stereocenters. The lowest BCUT2D eigenvalue weighted by Gasteiger charge is -2.32. The highest BCUT2D eigenvalue weighted by Crippen LogP contribution is 2.47. The van der Waals surface area contributed by atoms with Crippen molar-refractivity contribution < 1.29 is 26.3 Å². The van der Waals surface area contributed by atoms with E-state index in [2.05, 4.69) is 15.3 Å². The molecule has 1 aliphatic rings. The standard InChI is InChI=1S/C15H10ClF6N3/c16-12-11-8(2-4-23-12)10(1-3-14(11,18)19)25-13-9(17)5-7(6-24-13)15(20,21)22/h2,4-6,10H,1,3H2,(H,24,25). The number of anilines is 1. The zero-order valence-electron chi connectivity index (χ0n) is 12.3. The Morgan fingerprint density at radius 2 is 1.96 bits per heavy atom. The van der Waals surface area contributed by atoms with Crippen molar-refractivity contribution in [3.8, 4) is 0 Å². The van der Waals surface area contributed by atoms with Gasteiger partial charge in [-0.3, -0.25) is 0 Å². The zero-order chi connectivity index (χ0) is 18.4. The van der Waals surface area contributed by atoms with Crippen LogP contribution < -0.4 is 5.32 Å². The highest BCUT2D eigenvalue weighted by Gasteiger charge is 2.43. The fraction of sp³-hybridized carbons (Fsp3) is 0.333. The van der Waals surface area contributed by atoms with Gasteiger partial charge in [0, 0.05) is 18.8 Å². The number of aromatic nitrogens is 2. The number of hydrogen-bond donors (Lipinski definition) is 1. The van der Waals surface area contributed by atoms with E-state index in [4.69, 9.17) is 11.6 Å². The number of alkyl halides is 5. The first-order valence-corrected chi connectivity index (χ1v) is 7.49. The van der Waals surface area contributed by atoms with Crippen molar-refractivity contribution in [2.45, 2.75) is 31.0 Å². The molecule has 2 aromatic heterocycles. The summed E-state index contributed by atoms with van der Waals surface area (Å²) in [4.78, 5) is 7.06. The molecule has 1 atom stereocenters. The third kappa shape index (κ3) is 3.37. The van der Waals surface area contributed by atoms with Gasteiger partial charge in [-0.25, -0.2) is 23.1 Å². The van der Waals surface area contributed by atoms with Crippen LogP contribution in [0.15, 0.2) is 24.5 Å². The average molecular weight is 382 g/mol. The molecule has 0 radical (unpaired) electrons. The van der Waals surface area contributed by atoms with Crippen LogP contribution >= 0.6 is 11.6 Å². The largest absolute Gasteiger partial charge is 0.417 e. The minimum atomic E-state index is -4.73. The first-order chi connectivity index (χ1) is 11.6. The summed E-state index contributed by atoms with van der Waals surface area (Å²) in [6.45, 7) is 0. The summed E-state index contributed by atoms with van der Waals surface area (Å²) in [7, 11) is 0. The van der Waals surface area contributed by atoms with E-state index >= 15 is 0 Å². The molecule has 2 heterocycles. The Bertz CT molecular complexity index is 808. The van der Waals surface area contributed by atoms with Gasteiger partial charge in [-0.2, -0.15) is 13.2 Å². The topological polar surface area (TPSA) is 37.8 Å². The van der Waals surface area contributed by atoms with Crippen molar-refractivity contribution in [3.63, 3.8) is 0 Å². The SMILES string of the molecule is Fc1cc(C(F)(F)F)cnc1NC1CCC(F)(F)c2c1ccnc2Cl. The van der Waals surface area contributed by atoms with Crippen LogP contribution in [0.3, 0.4) is 0 Å². The van der Waals surface area contributed by atoms with Gasteiger partial charge in [-0.05, 0) is 24.1 Å². The Balaban J connectivity index is 1.94. The molecule has 0 fully saturated rings. The van der Waals surface area contributed by atoms with Gasteiger partial charge in [0.1, 0.15) is 5.15 Å². The molecule has 3 nitrogen and oxygen atoms in total. The summed E-state index contributed by atoms with van der Waals surface area (Å²) in [5.41, 5.74) is -1.59. The molecule has 0 spiro atoms. The van der Waals surface area contributed by atoms with Crippen LogP contribution in [0.5, 0.6) is 0 Å². The summed E-state index contributed by atoms with van der Waals surface area (Å²) in [5.74, 6) is -4.87. The van der Waals surface area contributed by atoms with E-state index in [1.165, 1.54) is 12.3 Å². The predicted molar refractivity (Wildman–Crippen MR) is 77.9 cm³/mol. The van der Waals surface area contributed by atoms with E-state index in [1.807, 2.05) is 0 Å². The molecule has 0 saturated carbocycles. The van der Waals surface area contributed by atoms with Gasteiger partial charge in [0.05, 0.1) is 17.2 Å². The maximum absolute atomic E-state index is 14.1. The molecule has 0 amide bonds. The summed E-state index contributed by atoms with van der Waals surface area (Å²) >= 11 is 5.76. The fourth-order valence-electron chi connectivity index (χ4n) is 2.72. The van der Waals surface area contributed by atoms with Crippen LogP contribution in [0.4, 0.5) is 32.2 Å². The summed E-state index contributed by atoms with van der Waals surface area (Å²) in [6, 6.07) is 0.829. The highest BCUT2D eigenvalue weighted by molar-refractivity contribution is 6.30. The van der Waals surface area contributed by atoms with Crippen LogP contribution in [0.25, 0.3) is 0 Å². The van der Waals surface area contributed by atoms with Crippen LogP contribution in [0.1, 0.15) is 35.6 Å². The lowest BCUT2D eigenvalue weighted by atomic mass is 9.86. The second kappa shape index (κ2) is 6.05. The molecular formula is C15H10ClF6N3. The molecule has 134 valence electrons. The van der Waals surface area contributed by atoms with Crippen molar-refractivity contribution in [3.05, 3.63) is 52.2 Å². The normalized spacial score (nSPS) is 19.4. The second-order valence-electron chi connectivity index (χ2n) is 5.56. The van der Waals surface area contributed by atoms with Gasteiger partial charge in [0.25, 0.3) is 5.92 Å². The molecule has 0 saturated heterocycles. The van der Waals surface area contributed by atoms with Gasteiger partial charge in [0.15, 0.2) is 11.6 Å². The Hall–Kier alpha value is -2.03. The van der Waals surface area contributed by atoms with E-state index < -0.39 is 47.3 Å². The van der Waals surface area contributed by atoms with Crippen molar-refractivity contribution in [2.24, 2.45) is 0 Å². The maximum atomic E-state index is 14.1. The molecule has 2 aromatic rings. The first kappa shape index (κ1) is 17.8. The third-order valence-electron chi connectivity index (χ3n) is 3.90. The van der Waals surface area contributed by atoms with Crippen molar-refractivity contribution in [1.82, 2.24) is 9.97 Å². The monoisotopic (exact) mass is 381 g/mol. The van der Waals surface area contributed by atoms with Gasteiger partial charge in [-0.15, -0.1) is 0 Å². The quantitative estimate of drug-likeness (QED) is 0.564. The molecular weight excluding hydrogens is 372 g/mol. The number of nitrogens with one attached hydrogen (secondary N) is 1. The van der Waals surface area contributed by atoms with Crippen molar-refractivity contribution in [2.75, 3.05) is 5.32 Å². The summed E-state index contributed by atoms with van der Waals surface area (Å²) in [5, 5.41) is 2.21. The highest BCUT2D eigenvalue weighted by atomic mass is 35.5. The van der Waals surface area contributed by atoms with Crippen LogP contribution in [-0.4, -0.2) is 9.97 Å². The first-order valence-electron chi connectivity index (χ1n) is 7.11. The van der Waals surface area contributed by atoms with Gasteiger partial charge in [-0.1, -0.05) is 11.6 Å². The lowest BCUT2D eigenvalue weighted by Crippen LogP contribution is -2.28. The third-order valence-corrected chi connectivity index (χ3v) is 4.19. The Morgan fingerprint density at radius 1 is 1.24 bits per heavy atom. The minimum absolute atomic E-state index is 0.0809. The summed E-state index contributed by atoms with van der Waals surface area (Å²) < 4.78 is 79.7. The zero-order valence-corrected chi connectivity index (χ0v) is 13.1. The number of fused-ring (bicyclic) bond motifs is 1. The molecule has 10 heteroatoms. The average Bonchev–Trinajstić information content (AvgIpc) is 2.50. The smallest absolute Gasteiger partial charge is 0.361 e. The van der Waals surface area contributed by atoms with Crippen molar-refractivity contribution >= 4 is 17.4 Å². The van der Waals surface area contributed by atoms with E-state index in [0.717, 1.165) is 0 Å². The number of pyridine rings is 2. The molecule has 1 N–H and O–H groups in total. The second-order valence-corrected chi connectivity index (χ2v) is 5.92. The van der Waals surface area contributed by atoms with Crippen molar-refractivity contribution in [1.29, 1.82) is 0 Å². The molecule has 3 rings (SSSR count). The molecule has 1 aliphatic carbocycles. The molecule has 25 heavy (non-hydrogen) atoms. The number of hydrogen-bond acceptors (Lipinski definition) is 3. The Kier molecular flexibility index (Phi) is 4.30. The van der Waals surface area contributed by atoms with Gasteiger partial charge >= 0.3 is 6.18 Å². The molecule has 0 aromatic carbocycles. The fourth-order valence-corrected chi connectivity index (χ4v) is 3.03. The molecule has 0 bridgehead atoms. The minimum Gasteiger partial charge on any atom is -0.361 e. The van der Waals surface area contributed by atoms with E-state index in [0.29, 0.717) is 12.3 Å². The van der Waals surface area contributed by atoms with Gasteiger partial charge < -0.3 is 5.32 Å². The number of nitrogens with zero attached hydrogens (tertiary/aromatic N) is 2. The summed E-state index contributed by atoms with van der Waals surface area (Å²) in [6.07, 6.45) is -3.67. The molecule has 0 aliphatic heterocycles. The van der Waals surface area contributed by atoms with Gasteiger partial charge in [0.2, 0.25) is 0 Å². The number of halogens is 7. The van der Waals surface area contributed by atoms with Crippen LogP contribution in [-0.2, 0) is 12.1 Å². The Morgan fingerprint density at radius 3 is 2.60 bits per heavy atom. The van der Waals surface area contributed by atoms with E-state index in [-0.39, 0.29) is 17.1 Å². The lowest BCUT2D eigenvalue weighted by molar-refractivity contribution is -0.138. The number of rotatable bonds is 2. The van der Waals surface area contributed by atoms with Crippen LogP contribution in [0, 0.1) is 5.82 Å². The van der Waals surface area contributed by atoms with E-state index in [1.54, 1.807) is 0 Å².